The number of amides is 1. The van der Waals surface area contributed by atoms with Gasteiger partial charge >= 0.3 is 0 Å². The van der Waals surface area contributed by atoms with Crippen molar-refractivity contribution in [3.8, 4) is 5.75 Å². The molecule has 162 valence electrons. The van der Waals surface area contributed by atoms with Crippen LogP contribution in [-0.2, 0) is 17.9 Å². The molecule has 0 radical (unpaired) electrons. The molecule has 4 rings (SSSR count). The van der Waals surface area contributed by atoms with E-state index in [1.165, 1.54) is 6.07 Å². The van der Waals surface area contributed by atoms with Crippen molar-refractivity contribution in [3.63, 3.8) is 0 Å². The molecule has 0 aliphatic carbocycles. The second kappa shape index (κ2) is 9.75. The van der Waals surface area contributed by atoms with Gasteiger partial charge in [0.25, 0.3) is 0 Å². The van der Waals surface area contributed by atoms with Crippen molar-refractivity contribution in [1.82, 2.24) is 20.0 Å². The van der Waals surface area contributed by atoms with Gasteiger partial charge in [0.1, 0.15) is 17.7 Å². The summed E-state index contributed by atoms with van der Waals surface area (Å²) in [7, 11) is 0. The van der Waals surface area contributed by atoms with Gasteiger partial charge in [-0.3, -0.25) is 14.4 Å². The first-order valence-corrected chi connectivity index (χ1v) is 10.6. The molecule has 1 unspecified atom stereocenters. The summed E-state index contributed by atoms with van der Waals surface area (Å²) in [4.78, 5) is 14.4. The largest absolute Gasteiger partial charge is 0.484 e. The van der Waals surface area contributed by atoms with Crippen LogP contribution in [0.3, 0.4) is 0 Å². The minimum Gasteiger partial charge on any atom is -0.484 e. The molecule has 1 aliphatic heterocycles. The number of hydrogen-bond acceptors (Lipinski definition) is 4. The molecule has 0 saturated carbocycles. The van der Waals surface area contributed by atoms with E-state index in [2.05, 4.69) is 15.3 Å². The maximum Gasteiger partial charge on any atom is 0.221 e. The van der Waals surface area contributed by atoms with Gasteiger partial charge in [-0.25, -0.2) is 4.39 Å². The van der Waals surface area contributed by atoms with Crippen LogP contribution in [0.15, 0.2) is 60.8 Å². The van der Waals surface area contributed by atoms with E-state index < -0.39 is 6.10 Å². The maximum absolute atomic E-state index is 14.4. The summed E-state index contributed by atoms with van der Waals surface area (Å²) < 4.78 is 22.4. The van der Waals surface area contributed by atoms with Crippen molar-refractivity contribution in [2.45, 2.75) is 32.5 Å². The lowest BCUT2D eigenvalue weighted by Gasteiger charge is -2.24. The highest BCUT2D eigenvalue weighted by molar-refractivity contribution is 5.75. The zero-order chi connectivity index (χ0) is 21.6. The van der Waals surface area contributed by atoms with E-state index >= 15 is 0 Å². The molecule has 0 bridgehead atoms. The van der Waals surface area contributed by atoms with E-state index in [-0.39, 0.29) is 11.7 Å². The third-order valence-corrected chi connectivity index (χ3v) is 5.40. The summed E-state index contributed by atoms with van der Waals surface area (Å²) in [5.41, 5.74) is 2.54. The number of benzene rings is 2. The van der Waals surface area contributed by atoms with Gasteiger partial charge < -0.3 is 10.1 Å². The second-order valence-corrected chi connectivity index (χ2v) is 7.79. The number of aromatic nitrogens is 2. The highest BCUT2D eigenvalue weighted by atomic mass is 19.1. The van der Waals surface area contributed by atoms with Crippen molar-refractivity contribution in [3.05, 3.63) is 83.4 Å². The molecule has 1 aliphatic rings. The van der Waals surface area contributed by atoms with Gasteiger partial charge in [0.05, 0.1) is 5.69 Å². The van der Waals surface area contributed by atoms with Gasteiger partial charge in [-0.1, -0.05) is 36.4 Å². The van der Waals surface area contributed by atoms with Crippen LogP contribution in [-0.4, -0.2) is 40.2 Å². The summed E-state index contributed by atoms with van der Waals surface area (Å²) >= 11 is 0. The monoisotopic (exact) mass is 422 g/mol. The fraction of sp³-hybridized carbons (Fsp3) is 0.333. The molecule has 1 amide bonds. The molecule has 6 nitrogen and oxygen atoms in total. The molecular weight excluding hydrogens is 395 g/mol. The number of ether oxygens (including phenoxy) is 1. The first kappa shape index (κ1) is 21.1. The molecule has 2 aromatic carbocycles. The Balaban J connectivity index is 1.36. The van der Waals surface area contributed by atoms with Crippen LogP contribution < -0.4 is 10.1 Å². The van der Waals surface area contributed by atoms with E-state index in [4.69, 9.17) is 4.74 Å². The molecule has 2 heterocycles. The predicted octanol–water partition coefficient (Wildman–Crippen LogP) is 3.47. The Kier molecular flexibility index (Phi) is 6.62. The number of carbonyl (C=O) groups excluding carboxylic acids is 1. The van der Waals surface area contributed by atoms with Crippen molar-refractivity contribution in [2.24, 2.45) is 0 Å². The number of nitrogens with one attached hydrogen (secondary N) is 1. The smallest absolute Gasteiger partial charge is 0.221 e. The predicted molar refractivity (Wildman–Crippen MR) is 116 cm³/mol. The number of fused-ring (bicyclic) bond motifs is 1. The SMILES string of the molecule is Cc1ccn(CCC(=O)NCCN2Cc3ccccc3OC(c3ccccc3F)C2)n1. The molecule has 3 aromatic rings. The highest BCUT2D eigenvalue weighted by Crippen LogP contribution is 2.31. The fourth-order valence-corrected chi connectivity index (χ4v) is 3.79. The molecule has 1 aromatic heterocycles. The minimum absolute atomic E-state index is 0.00900. The second-order valence-electron chi connectivity index (χ2n) is 7.79. The number of rotatable bonds is 7. The van der Waals surface area contributed by atoms with Crippen LogP contribution in [0, 0.1) is 12.7 Å². The van der Waals surface area contributed by atoms with E-state index in [0.29, 0.717) is 44.7 Å². The molecule has 0 spiro atoms. The van der Waals surface area contributed by atoms with Gasteiger partial charge in [0.2, 0.25) is 5.91 Å². The van der Waals surface area contributed by atoms with E-state index in [1.54, 1.807) is 16.8 Å². The van der Waals surface area contributed by atoms with Crippen molar-refractivity contribution < 1.29 is 13.9 Å². The first-order chi connectivity index (χ1) is 15.1. The van der Waals surface area contributed by atoms with Crippen LogP contribution in [0.4, 0.5) is 4.39 Å². The summed E-state index contributed by atoms with van der Waals surface area (Å²) in [6, 6.07) is 16.5. The Hall–Kier alpha value is -3.19. The Morgan fingerprint density at radius 3 is 2.77 bits per heavy atom. The number of hydrogen-bond donors (Lipinski definition) is 1. The summed E-state index contributed by atoms with van der Waals surface area (Å²) in [5, 5.41) is 7.28. The van der Waals surface area contributed by atoms with E-state index in [9.17, 15) is 9.18 Å². The van der Waals surface area contributed by atoms with Crippen molar-refractivity contribution in [1.29, 1.82) is 0 Å². The quantitative estimate of drug-likeness (QED) is 0.633. The molecule has 0 saturated heterocycles. The van der Waals surface area contributed by atoms with Gasteiger partial charge in [0.15, 0.2) is 0 Å². The summed E-state index contributed by atoms with van der Waals surface area (Å²) in [6.07, 6.45) is 1.84. The molecule has 1 atom stereocenters. The molecule has 7 heteroatoms. The molecular formula is C24H27FN4O2. The zero-order valence-electron chi connectivity index (χ0n) is 17.6. The average Bonchev–Trinajstić information content (AvgIpc) is 3.09. The number of halogens is 1. The van der Waals surface area contributed by atoms with Gasteiger partial charge in [-0.2, -0.15) is 5.10 Å². The topological polar surface area (TPSA) is 59.4 Å². The van der Waals surface area contributed by atoms with Crippen LogP contribution in [0.1, 0.15) is 29.3 Å². The summed E-state index contributed by atoms with van der Waals surface area (Å²) in [6.45, 7) is 4.87. The normalized spacial score (nSPS) is 16.3. The number of aryl methyl sites for hydroxylation is 2. The highest BCUT2D eigenvalue weighted by Gasteiger charge is 2.25. The van der Waals surface area contributed by atoms with Gasteiger partial charge in [-0.15, -0.1) is 0 Å². The molecule has 1 N–H and O–H groups in total. The Labute approximate surface area is 181 Å². The van der Waals surface area contributed by atoms with Crippen LogP contribution in [0.25, 0.3) is 0 Å². The average molecular weight is 423 g/mol. The summed E-state index contributed by atoms with van der Waals surface area (Å²) in [5.74, 6) is 0.496. The lowest BCUT2D eigenvalue weighted by atomic mass is 10.1. The third kappa shape index (κ3) is 5.49. The van der Waals surface area contributed by atoms with Crippen LogP contribution in [0.5, 0.6) is 5.75 Å². The Morgan fingerprint density at radius 2 is 1.97 bits per heavy atom. The molecule has 0 fully saturated rings. The lowest BCUT2D eigenvalue weighted by Crippen LogP contribution is -2.36. The van der Waals surface area contributed by atoms with Gasteiger partial charge in [0, 0.05) is 56.5 Å². The number of carbonyl (C=O) groups is 1. The Bertz CT molecular complexity index is 1040. The lowest BCUT2D eigenvalue weighted by molar-refractivity contribution is -0.121. The van der Waals surface area contributed by atoms with E-state index in [1.807, 2.05) is 49.5 Å². The van der Waals surface area contributed by atoms with Crippen LogP contribution >= 0.6 is 0 Å². The maximum atomic E-state index is 14.4. The van der Waals surface area contributed by atoms with Crippen molar-refractivity contribution in [2.75, 3.05) is 19.6 Å². The van der Waals surface area contributed by atoms with Crippen molar-refractivity contribution >= 4 is 5.91 Å². The van der Waals surface area contributed by atoms with Crippen LogP contribution in [0.2, 0.25) is 0 Å². The minimum atomic E-state index is -0.413. The standard InChI is InChI=1S/C24H27FN4O2/c1-18-10-13-29(27-18)14-11-24(30)26-12-15-28-16-19-6-2-5-9-22(19)31-23(17-28)20-7-3-4-8-21(20)25/h2-10,13,23H,11-12,14-17H2,1H3,(H,26,30). The fourth-order valence-electron chi connectivity index (χ4n) is 3.79. The number of para-hydroxylation sites is 1. The van der Waals surface area contributed by atoms with E-state index in [0.717, 1.165) is 17.0 Å². The Morgan fingerprint density at radius 1 is 1.16 bits per heavy atom. The third-order valence-electron chi connectivity index (χ3n) is 5.40. The van der Waals surface area contributed by atoms with Gasteiger partial charge in [-0.05, 0) is 25.1 Å². The molecule has 31 heavy (non-hydrogen) atoms. The number of nitrogens with zero attached hydrogens (tertiary/aromatic N) is 3. The zero-order valence-corrected chi connectivity index (χ0v) is 17.6. The first-order valence-electron chi connectivity index (χ1n) is 10.6.